The van der Waals surface area contributed by atoms with Crippen LogP contribution >= 0.6 is 0 Å². The Morgan fingerprint density at radius 1 is 1.04 bits per heavy atom. The van der Waals surface area contributed by atoms with E-state index in [4.69, 9.17) is 9.47 Å². The molecule has 1 unspecified atom stereocenters. The molecule has 6 heteroatoms. The number of β-lactam (4-membered cyclic amide) rings is 1. The van der Waals surface area contributed by atoms with Crippen LogP contribution in [0, 0.1) is 5.92 Å². The summed E-state index contributed by atoms with van der Waals surface area (Å²) in [6, 6.07) is 15.0. The van der Waals surface area contributed by atoms with E-state index < -0.39 is 24.0 Å². The predicted octanol–water partition coefficient (Wildman–Crippen LogP) is 2.86. The maximum Gasteiger partial charge on any atom is 0.302 e. The highest BCUT2D eigenvalue weighted by Crippen LogP contribution is 2.38. The van der Waals surface area contributed by atoms with Gasteiger partial charge in [-0.05, 0) is 31.2 Å². The average Bonchev–Trinajstić information content (AvgIpc) is 2.66. The lowest BCUT2D eigenvalue weighted by Gasteiger charge is -2.47. The van der Waals surface area contributed by atoms with E-state index >= 15 is 0 Å². The summed E-state index contributed by atoms with van der Waals surface area (Å²) in [6.45, 7) is 2.93. The Hall–Kier alpha value is -3.15. The van der Waals surface area contributed by atoms with Crippen LogP contribution in [-0.2, 0) is 14.3 Å². The number of nitrogens with zero attached hydrogens (tertiary/aromatic N) is 1. The van der Waals surface area contributed by atoms with Crippen LogP contribution in [0.2, 0.25) is 0 Å². The first-order valence-corrected chi connectivity index (χ1v) is 8.67. The number of ketones is 1. The number of carbonyl (C=O) groups excluding carboxylic acids is 3. The van der Waals surface area contributed by atoms with Gasteiger partial charge < -0.3 is 14.4 Å². The molecule has 0 N–H and O–H groups in total. The topological polar surface area (TPSA) is 72.9 Å². The van der Waals surface area contributed by atoms with Crippen LogP contribution in [0.3, 0.4) is 0 Å². The molecule has 140 valence electrons. The molecule has 0 bridgehead atoms. The number of anilines is 1. The zero-order valence-electron chi connectivity index (χ0n) is 15.4. The van der Waals surface area contributed by atoms with Gasteiger partial charge in [0.2, 0.25) is 5.91 Å². The van der Waals surface area contributed by atoms with Gasteiger partial charge in [0.25, 0.3) is 0 Å². The van der Waals surface area contributed by atoms with Gasteiger partial charge in [0.15, 0.2) is 5.78 Å². The van der Waals surface area contributed by atoms with Crippen molar-refractivity contribution >= 4 is 23.3 Å². The van der Waals surface area contributed by atoms with Crippen molar-refractivity contribution in [2.24, 2.45) is 5.92 Å². The van der Waals surface area contributed by atoms with E-state index in [-0.39, 0.29) is 11.7 Å². The van der Waals surface area contributed by atoms with E-state index in [1.54, 1.807) is 62.6 Å². The lowest BCUT2D eigenvalue weighted by Crippen LogP contribution is -2.68. The van der Waals surface area contributed by atoms with Crippen LogP contribution in [0.15, 0.2) is 54.6 Å². The van der Waals surface area contributed by atoms with Crippen molar-refractivity contribution in [2.45, 2.75) is 26.0 Å². The van der Waals surface area contributed by atoms with Gasteiger partial charge in [0.1, 0.15) is 23.8 Å². The zero-order chi connectivity index (χ0) is 19.6. The average molecular weight is 367 g/mol. The largest absolute Gasteiger partial charge is 0.497 e. The van der Waals surface area contributed by atoms with Crippen LogP contribution in [0.25, 0.3) is 0 Å². The lowest BCUT2D eigenvalue weighted by atomic mass is 9.78. The van der Waals surface area contributed by atoms with Gasteiger partial charge in [-0.3, -0.25) is 14.4 Å². The molecule has 0 aliphatic carbocycles. The number of hydrogen-bond donors (Lipinski definition) is 0. The highest BCUT2D eigenvalue weighted by Gasteiger charge is 2.55. The van der Waals surface area contributed by atoms with E-state index in [9.17, 15) is 14.4 Å². The summed E-state index contributed by atoms with van der Waals surface area (Å²) in [5.41, 5.74) is 1.11. The Kier molecular flexibility index (Phi) is 5.26. The Morgan fingerprint density at radius 2 is 1.67 bits per heavy atom. The third-order valence-electron chi connectivity index (χ3n) is 4.68. The van der Waals surface area contributed by atoms with E-state index in [0.29, 0.717) is 17.0 Å². The molecule has 0 saturated carbocycles. The Bertz CT molecular complexity index is 847. The van der Waals surface area contributed by atoms with Crippen molar-refractivity contribution in [3.8, 4) is 5.75 Å². The van der Waals surface area contributed by atoms with Gasteiger partial charge in [0, 0.05) is 18.2 Å². The minimum atomic E-state index is -0.734. The smallest absolute Gasteiger partial charge is 0.302 e. The van der Waals surface area contributed by atoms with Gasteiger partial charge >= 0.3 is 5.97 Å². The summed E-state index contributed by atoms with van der Waals surface area (Å²) in [5.74, 6) is -0.978. The standard InChI is InChI=1S/C21H21NO5/c1-13(27-14(2)23)18-19(20(24)15-7-5-4-6-8-15)22(21(18)25)16-9-11-17(26-3)12-10-16/h4-13,18-19H,1-3H3/t13?,18-,19+/m0/s1. The molecule has 0 spiro atoms. The van der Waals surface area contributed by atoms with Crippen molar-refractivity contribution in [1.82, 2.24) is 0 Å². The first kappa shape index (κ1) is 18.6. The zero-order valence-corrected chi connectivity index (χ0v) is 15.4. The molecule has 1 fully saturated rings. The molecule has 6 nitrogen and oxygen atoms in total. The number of ether oxygens (including phenoxy) is 2. The van der Waals surface area contributed by atoms with Crippen LogP contribution in [0.1, 0.15) is 24.2 Å². The number of hydrogen-bond acceptors (Lipinski definition) is 5. The van der Waals surface area contributed by atoms with E-state index in [1.807, 2.05) is 6.07 Å². The van der Waals surface area contributed by atoms with Gasteiger partial charge in [-0.1, -0.05) is 30.3 Å². The molecular formula is C21H21NO5. The van der Waals surface area contributed by atoms with Crippen molar-refractivity contribution in [3.05, 3.63) is 60.2 Å². The van der Waals surface area contributed by atoms with Crippen molar-refractivity contribution in [3.63, 3.8) is 0 Å². The number of methoxy groups -OCH3 is 1. The summed E-state index contributed by atoms with van der Waals surface area (Å²) in [7, 11) is 1.56. The number of esters is 1. The fourth-order valence-electron chi connectivity index (χ4n) is 3.39. The number of rotatable bonds is 6. The molecule has 2 aromatic carbocycles. The number of carbonyl (C=O) groups is 3. The summed E-state index contributed by atoms with van der Waals surface area (Å²) in [5, 5.41) is 0. The molecular weight excluding hydrogens is 346 g/mol. The van der Waals surface area contributed by atoms with Crippen LogP contribution < -0.4 is 9.64 Å². The molecule has 0 radical (unpaired) electrons. The SMILES string of the molecule is COc1ccc(N2C(=O)[C@@H](C(C)OC(C)=O)[C@@H]2C(=O)c2ccccc2)cc1. The van der Waals surface area contributed by atoms with Crippen molar-refractivity contribution < 1.29 is 23.9 Å². The molecule has 1 heterocycles. The molecule has 3 atom stereocenters. The summed E-state index contributed by atoms with van der Waals surface area (Å²) < 4.78 is 10.3. The third-order valence-corrected chi connectivity index (χ3v) is 4.68. The van der Waals surface area contributed by atoms with Crippen molar-refractivity contribution in [2.75, 3.05) is 12.0 Å². The van der Waals surface area contributed by atoms with Gasteiger partial charge in [-0.15, -0.1) is 0 Å². The molecule has 1 saturated heterocycles. The third kappa shape index (κ3) is 3.56. The molecule has 3 rings (SSSR count). The second kappa shape index (κ2) is 7.61. The van der Waals surface area contributed by atoms with Gasteiger partial charge in [-0.25, -0.2) is 0 Å². The number of amides is 1. The molecule has 1 aliphatic heterocycles. The van der Waals surface area contributed by atoms with Crippen LogP contribution in [0.4, 0.5) is 5.69 Å². The molecule has 2 aromatic rings. The second-order valence-electron chi connectivity index (χ2n) is 6.42. The van der Waals surface area contributed by atoms with Crippen LogP contribution in [-0.4, -0.2) is 36.9 Å². The normalized spacial score (nSPS) is 19.8. The Labute approximate surface area is 157 Å². The molecule has 1 amide bonds. The van der Waals surface area contributed by atoms with Crippen molar-refractivity contribution in [1.29, 1.82) is 0 Å². The molecule has 0 aromatic heterocycles. The van der Waals surface area contributed by atoms with Gasteiger partial charge in [-0.2, -0.15) is 0 Å². The fourth-order valence-corrected chi connectivity index (χ4v) is 3.39. The lowest BCUT2D eigenvalue weighted by molar-refractivity contribution is -0.153. The number of Topliss-reactive ketones (excluding diaryl/α,β-unsaturated/α-hetero) is 1. The van der Waals surface area contributed by atoms with Crippen LogP contribution in [0.5, 0.6) is 5.75 Å². The van der Waals surface area contributed by atoms with E-state index in [1.165, 1.54) is 11.8 Å². The fraction of sp³-hybridized carbons (Fsp3) is 0.286. The molecule has 1 aliphatic rings. The highest BCUT2D eigenvalue weighted by atomic mass is 16.5. The Morgan fingerprint density at radius 3 is 2.22 bits per heavy atom. The maximum atomic E-state index is 13.1. The minimum absolute atomic E-state index is 0.185. The minimum Gasteiger partial charge on any atom is -0.497 e. The van der Waals surface area contributed by atoms with Gasteiger partial charge in [0.05, 0.1) is 7.11 Å². The summed E-state index contributed by atoms with van der Waals surface area (Å²) >= 11 is 0. The summed E-state index contributed by atoms with van der Waals surface area (Å²) in [6.07, 6.45) is -0.692. The Balaban J connectivity index is 1.95. The monoisotopic (exact) mass is 367 g/mol. The van der Waals surface area contributed by atoms with E-state index in [0.717, 1.165) is 0 Å². The quantitative estimate of drug-likeness (QED) is 0.446. The molecule has 27 heavy (non-hydrogen) atoms. The first-order chi connectivity index (χ1) is 12.9. The number of benzene rings is 2. The second-order valence-corrected chi connectivity index (χ2v) is 6.42. The highest BCUT2D eigenvalue weighted by molar-refractivity contribution is 6.17. The maximum absolute atomic E-state index is 13.1. The summed E-state index contributed by atoms with van der Waals surface area (Å²) in [4.78, 5) is 38.7. The first-order valence-electron chi connectivity index (χ1n) is 8.67. The van der Waals surface area contributed by atoms with E-state index in [2.05, 4.69) is 0 Å². The predicted molar refractivity (Wildman–Crippen MR) is 99.8 cm³/mol.